The van der Waals surface area contributed by atoms with Crippen molar-refractivity contribution in [3.63, 3.8) is 0 Å². The summed E-state index contributed by atoms with van der Waals surface area (Å²) in [7, 11) is 0. The smallest absolute Gasteiger partial charge is 0.408 e. The normalized spacial score (nSPS) is 15.5. The zero-order valence-corrected chi connectivity index (χ0v) is 25.1. The maximum atomic E-state index is 12.6. The highest BCUT2D eigenvalue weighted by Gasteiger charge is 2.39. The zero-order chi connectivity index (χ0) is 32.6. The van der Waals surface area contributed by atoms with E-state index in [-0.39, 0.29) is 31.7 Å². The fourth-order valence-electron chi connectivity index (χ4n) is 3.60. The number of carbonyl (C=O) groups excluding carboxylic acids is 7. The minimum absolute atomic E-state index is 0. The number of hydrogen-bond donors (Lipinski definition) is 10. The van der Waals surface area contributed by atoms with Crippen molar-refractivity contribution in [1.29, 1.82) is 0 Å². The van der Waals surface area contributed by atoms with Gasteiger partial charge in [-0.2, -0.15) is 0 Å². The minimum atomic E-state index is -2.02. The highest BCUT2D eigenvalue weighted by Crippen LogP contribution is 2.12. The van der Waals surface area contributed by atoms with Crippen molar-refractivity contribution in [1.82, 2.24) is 21.3 Å². The summed E-state index contributed by atoms with van der Waals surface area (Å²) in [4.78, 5) is 84.4. The third kappa shape index (κ3) is 16.0. The number of nitrogens with one attached hydrogen (secondary N) is 4. The maximum Gasteiger partial charge on any atom is 0.408 e. The minimum Gasteiger partial charge on any atom is -0.441 e. The number of Topliss-reactive ketones (excluding diaryl/α,β-unsaturated/α-hetero) is 1. The second-order valence-electron chi connectivity index (χ2n) is 9.57. The number of aliphatic hydroxyl groups excluding tert-OH is 3. The van der Waals surface area contributed by atoms with E-state index < -0.39 is 90.5 Å². The lowest BCUT2D eigenvalue weighted by atomic mass is 9.98. The van der Waals surface area contributed by atoms with E-state index in [1.165, 1.54) is 6.92 Å². The van der Waals surface area contributed by atoms with E-state index in [4.69, 9.17) is 27.0 Å². The number of hydrogen-bond acceptors (Lipinski definition) is 12. The molecule has 0 aromatic heterocycles. The van der Waals surface area contributed by atoms with E-state index in [2.05, 4.69) is 21.3 Å². The summed E-state index contributed by atoms with van der Waals surface area (Å²) in [6, 6.07) is -5.32. The number of amides is 6. The molecule has 0 heterocycles. The van der Waals surface area contributed by atoms with Gasteiger partial charge in [0.2, 0.25) is 29.5 Å². The topological polar surface area (TPSA) is 316 Å². The van der Waals surface area contributed by atoms with Crippen molar-refractivity contribution in [2.45, 2.75) is 95.4 Å². The molecule has 6 amide bonds. The summed E-state index contributed by atoms with van der Waals surface area (Å²) < 4.78 is 5.03. The molecule has 0 rings (SSSR count). The maximum absolute atomic E-state index is 12.6. The van der Waals surface area contributed by atoms with E-state index in [9.17, 15) is 43.8 Å². The number of rotatable bonds is 20. The van der Waals surface area contributed by atoms with Gasteiger partial charge in [0, 0.05) is 13.3 Å². The first-order chi connectivity index (χ1) is 19.5. The number of ketones is 1. The lowest BCUT2D eigenvalue weighted by molar-refractivity contribution is -0.135. The molecule has 0 saturated carbocycles. The van der Waals surface area contributed by atoms with E-state index in [1.807, 2.05) is 0 Å². The summed E-state index contributed by atoms with van der Waals surface area (Å²) >= 11 is 0. The number of alkyl carbamates (subject to hydrolysis) is 1. The van der Waals surface area contributed by atoms with Crippen molar-refractivity contribution in [3.8, 4) is 0 Å². The van der Waals surface area contributed by atoms with Crippen LogP contribution in [0.1, 0.15) is 52.9 Å². The Hall–Kier alpha value is -3.58. The van der Waals surface area contributed by atoms with Gasteiger partial charge < -0.3 is 58.5 Å². The van der Waals surface area contributed by atoms with Crippen molar-refractivity contribution < 1.29 is 53.6 Å². The van der Waals surface area contributed by atoms with Crippen molar-refractivity contribution in [2.75, 3.05) is 13.2 Å². The van der Waals surface area contributed by atoms with Crippen molar-refractivity contribution in [2.24, 2.45) is 17.2 Å². The largest absolute Gasteiger partial charge is 0.441 e. The van der Waals surface area contributed by atoms with Gasteiger partial charge in [-0.3, -0.25) is 28.8 Å². The number of ether oxygens (including phenoxy) is 1. The number of aliphatic hydroxyl groups is 3. The molecule has 43 heavy (non-hydrogen) atoms. The third-order valence-electron chi connectivity index (χ3n) is 5.96. The Bertz CT molecular complexity index is 972. The molecular formula is C24H44ClN7O11. The zero-order valence-electron chi connectivity index (χ0n) is 24.2. The van der Waals surface area contributed by atoms with E-state index in [0.29, 0.717) is 19.4 Å². The molecule has 0 fully saturated rings. The third-order valence-corrected chi connectivity index (χ3v) is 5.96. The molecule has 0 spiro atoms. The van der Waals surface area contributed by atoms with Gasteiger partial charge in [-0.05, 0) is 46.1 Å². The summed E-state index contributed by atoms with van der Waals surface area (Å²) in [5, 5.41) is 38.2. The van der Waals surface area contributed by atoms with Crippen LogP contribution in [0.2, 0.25) is 0 Å². The molecule has 19 heteroatoms. The van der Waals surface area contributed by atoms with Gasteiger partial charge in [-0.25, -0.2) is 4.79 Å². The van der Waals surface area contributed by atoms with Crippen molar-refractivity contribution >= 4 is 53.8 Å². The predicted molar refractivity (Wildman–Crippen MR) is 152 cm³/mol. The molecule has 0 saturated heterocycles. The standard InChI is InChI=1S/C24H43N7O11.ClH/c1-11(28-24(41)42-20(19(37)16(35)10-32)18(12(2)33)29-13(3)34)23(40)31-15(22(27)39)7-8-17(36)30-14(21(26)38)6-4-5-9-25;/h11,14-16,18-20,32,35,37H,4-10,25H2,1-3H3,(H2,26,38)(H2,27,39)(H,28,41)(H,29,34)(H,30,36)(H,31,40);1H/t11?,14?,15?,16-,18+,19-,20-;/m1./s1. The van der Waals surface area contributed by atoms with E-state index >= 15 is 0 Å². The number of halogens is 1. The first-order valence-electron chi connectivity index (χ1n) is 13.2. The first kappa shape index (κ1) is 41.6. The van der Waals surface area contributed by atoms with E-state index in [1.54, 1.807) is 0 Å². The Labute approximate surface area is 254 Å². The Morgan fingerprint density at radius 3 is 1.86 bits per heavy atom. The molecule has 0 radical (unpaired) electrons. The van der Waals surface area contributed by atoms with E-state index in [0.717, 1.165) is 13.8 Å². The molecule has 0 aromatic rings. The van der Waals surface area contributed by atoms with Crippen LogP contribution in [0.3, 0.4) is 0 Å². The molecule has 0 aliphatic rings. The molecular weight excluding hydrogens is 598 g/mol. The lowest BCUT2D eigenvalue weighted by Crippen LogP contribution is -2.58. The molecule has 3 unspecified atom stereocenters. The van der Waals surface area contributed by atoms with Crippen LogP contribution in [-0.4, -0.2) is 112 Å². The van der Waals surface area contributed by atoms with Gasteiger partial charge in [0.05, 0.1) is 6.61 Å². The van der Waals surface area contributed by atoms with Gasteiger partial charge >= 0.3 is 6.09 Å². The molecule has 13 N–H and O–H groups in total. The Kier molecular flexibility index (Phi) is 20.5. The summed E-state index contributed by atoms with van der Waals surface area (Å²) in [6.07, 6.45) is -6.28. The summed E-state index contributed by atoms with van der Waals surface area (Å²) in [5.41, 5.74) is 16.0. The predicted octanol–water partition coefficient (Wildman–Crippen LogP) is -4.45. The highest BCUT2D eigenvalue weighted by molar-refractivity contribution is 5.91. The van der Waals surface area contributed by atoms with Crippen LogP contribution in [-0.2, 0) is 33.5 Å². The summed E-state index contributed by atoms with van der Waals surface area (Å²) in [5.74, 6) is -4.81. The second kappa shape index (κ2) is 21.2. The van der Waals surface area contributed by atoms with Crippen LogP contribution >= 0.6 is 12.4 Å². The molecule has 0 aromatic carbocycles. The molecule has 0 aliphatic carbocycles. The second-order valence-corrected chi connectivity index (χ2v) is 9.57. The van der Waals surface area contributed by atoms with Crippen LogP contribution in [0.4, 0.5) is 4.79 Å². The molecule has 0 bridgehead atoms. The summed E-state index contributed by atoms with van der Waals surface area (Å²) in [6.45, 7) is 2.67. The Balaban J connectivity index is 0. The number of unbranched alkanes of at least 4 members (excludes halogenated alkanes) is 1. The van der Waals surface area contributed by atoms with Crippen LogP contribution in [0.15, 0.2) is 0 Å². The van der Waals surface area contributed by atoms with Crippen LogP contribution in [0.5, 0.6) is 0 Å². The van der Waals surface area contributed by atoms with Crippen LogP contribution in [0.25, 0.3) is 0 Å². The fourth-order valence-corrected chi connectivity index (χ4v) is 3.60. The number of primary amides is 2. The van der Waals surface area contributed by atoms with Crippen LogP contribution in [0, 0.1) is 0 Å². The molecule has 7 atom stereocenters. The SMILES string of the molecule is CC(=O)N[C@@H](C(C)=O)[C@@H](OC(=O)NC(C)C(=O)NC(CCC(=O)NC(CCCCN)C(N)=O)C(N)=O)[C@H](O)[C@H](O)CO.Cl. The number of carbonyl (C=O) groups is 7. The lowest BCUT2D eigenvalue weighted by Gasteiger charge is -2.31. The quantitative estimate of drug-likeness (QED) is 0.0563. The fraction of sp³-hybridized carbons (Fsp3) is 0.708. The monoisotopic (exact) mass is 641 g/mol. The molecule has 18 nitrogen and oxygen atoms in total. The van der Waals surface area contributed by atoms with Gasteiger partial charge in [0.1, 0.15) is 36.4 Å². The van der Waals surface area contributed by atoms with Crippen LogP contribution < -0.4 is 38.5 Å². The highest BCUT2D eigenvalue weighted by atomic mass is 35.5. The average molecular weight is 642 g/mol. The first-order valence-corrected chi connectivity index (χ1v) is 13.2. The number of nitrogens with two attached hydrogens (primary N) is 3. The Morgan fingerprint density at radius 2 is 1.40 bits per heavy atom. The Morgan fingerprint density at radius 1 is 0.837 bits per heavy atom. The average Bonchev–Trinajstić information content (AvgIpc) is 2.90. The van der Waals surface area contributed by atoms with Gasteiger partial charge in [0.25, 0.3) is 0 Å². The van der Waals surface area contributed by atoms with Gasteiger partial charge in [0.15, 0.2) is 11.9 Å². The van der Waals surface area contributed by atoms with Crippen molar-refractivity contribution in [3.05, 3.63) is 0 Å². The molecule has 0 aliphatic heterocycles. The van der Waals surface area contributed by atoms with Gasteiger partial charge in [-0.15, -0.1) is 12.4 Å². The molecule has 248 valence electrons. The van der Waals surface area contributed by atoms with Gasteiger partial charge in [-0.1, -0.05) is 0 Å².